The monoisotopic (exact) mass is 171 g/mol. The third kappa shape index (κ3) is 3.22. The highest BCUT2D eigenvalue weighted by Crippen LogP contribution is 2.36. The topological polar surface area (TPSA) is 49.3 Å². The molecule has 1 aliphatic rings. The molecule has 0 aliphatic heterocycles. The molecule has 12 heavy (non-hydrogen) atoms. The lowest BCUT2D eigenvalue weighted by molar-refractivity contribution is -0.137. The molecule has 3 nitrogen and oxygen atoms in total. The van der Waals surface area contributed by atoms with Gasteiger partial charge in [-0.3, -0.25) is 4.79 Å². The zero-order valence-electron chi connectivity index (χ0n) is 7.71. The first-order valence-electron chi connectivity index (χ1n) is 4.54. The Labute approximate surface area is 73.2 Å². The number of carboxylic acid groups (broad SMARTS) is 1. The lowest BCUT2D eigenvalue weighted by Gasteiger charge is -2.10. The zero-order valence-corrected chi connectivity index (χ0v) is 7.71. The molecular weight excluding hydrogens is 154 g/mol. The molecule has 1 fully saturated rings. The van der Waals surface area contributed by atoms with Crippen LogP contribution in [0.15, 0.2) is 0 Å². The molecule has 1 aliphatic carbocycles. The van der Waals surface area contributed by atoms with E-state index in [1.807, 2.05) is 6.92 Å². The average molecular weight is 171 g/mol. The second kappa shape index (κ2) is 3.90. The number of carbonyl (C=O) groups is 1. The van der Waals surface area contributed by atoms with Crippen molar-refractivity contribution in [2.75, 3.05) is 6.54 Å². The summed E-state index contributed by atoms with van der Waals surface area (Å²) in [5.74, 6) is 0.912. The fourth-order valence-electron chi connectivity index (χ4n) is 1.37. The summed E-state index contributed by atoms with van der Waals surface area (Å²) in [6.45, 7) is 5.13. The summed E-state index contributed by atoms with van der Waals surface area (Å²) in [4.78, 5) is 10.3. The summed E-state index contributed by atoms with van der Waals surface area (Å²) < 4.78 is 0. The molecule has 0 amide bonds. The van der Waals surface area contributed by atoms with Gasteiger partial charge in [0.2, 0.25) is 0 Å². The Morgan fingerprint density at radius 3 is 2.75 bits per heavy atom. The number of nitrogens with one attached hydrogen (secondary N) is 1. The molecule has 0 aromatic carbocycles. The maximum atomic E-state index is 10.3. The van der Waals surface area contributed by atoms with Crippen molar-refractivity contribution >= 4 is 5.97 Å². The second-order valence-corrected chi connectivity index (χ2v) is 3.88. The Hall–Kier alpha value is -0.570. The van der Waals surface area contributed by atoms with E-state index in [0.717, 1.165) is 18.4 Å². The highest BCUT2D eigenvalue weighted by atomic mass is 16.4. The van der Waals surface area contributed by atoms with Gasteiger partial charge in [0, 0.05) is 6.04 Å². The Kier molecular flexibility index (Phi) is 3.09. The molecule has 2 N–H and O–H groups in total. The van der Waals surface area contributed by atoms with Gasteiger partial charge in [0.1, 0.15) is 0 Å². The molecule has 0 aromatic heterocycles. The molecule has 1 saturated carbocycles. The molecule has 0 radical (unpaired) electrons. The molecule has 3 heteroatoms. The van der Waals surface area contributed by atoms with Crippen LogP contribution in [-0.2, 0) is 4.79 Å². The van der Waals surface area contributed by atoms with Crippen molar-refractivity contribution in [2.45, 2.75) is 32.7 Å². The van der Waals surface area contributed by atoms with Crippen LogP contribution in [0.4, 0.5) is 0 Å². The lowest BCUT2D eigenvalue weighted by Crippen LogP contribution is -2.30. The molecular formula is C9H17NO2. The van der Waals surface area contributed by atoms with E-state index in [1.165, 1.54) is 6.42 Å². The van der Waals surface area contributed by atoms with Crippen molar-refractivity contribution in [1.29, 1.82) is 0 Å². The van der Waals surface area contributed by atoms with Crippen molar-refractivity contribution in [3.63, 3.8) is 0 Å². The summed E-state index contributed by atoms with van der Waals surface area (Å²) in [6.07, 6.45) is 1.52. The Morgan fingerprint density at radius 1 is 1.75 bits per heavy atom. The first-order valence-corrected chi connectivity index (χ1v) is 4.54. The molecule has 1 rings (SSSR count). The van der Waals surface area contributed by atoms with Gasteiger partial charge in [-0.05, 0) is 31.7 Å². The van der Waals surface area contributed by atoms with Gasteiger partial charge in [0.15, 0.2) is 0 Å². The number of hydrogen-bond donors (Lipinski definition) is 2. The summed E-state index contributed by atoms with van der Waals surface area (Å²) in [7, 11) is 0. The van der Waals surface area contributed by atoms with Crippen LogP contribution in [0.5, 0.6) is 0 Å². The molecule has 70 valence electrons. The summed E-state index contributed by atoms with van der Waals surface area (Å²) >= 11 is 0. The third-order valence-electron chi connectivity index (χ3n) is 2.49. The van der Waals surface area contributed by atoms with Crippen LogP contribution in [0.3, 0.4) is 0 Å². The second-order valence-electron chi connectivity index (χ2n) is 3.88. The van der Waals surface area contributed by atoms with Gasteiger partial charge >= 0.3 is 5.97 Å². The fraction of sp³-hybridized carbons (Fsp3) is 0.889. The van der Waals surface area contributed by atoms with Crippen LogP contribution >= 0.6 is 0 Å². The van der Waals surface area contributed by atoms with E-state index in [2.05, 4.69) is 12.2 Å². The van der Waals surface area contributed by atoms with E-state index in [0.29, 0.717) is 0 Å². The standard InChI is InChI=1S/C9H17NO2/c1-6-3-8(6)5-10-7(2)4-9(11)12/h6-8,10H,3-5H2,1-2H3,(H,11,12). The van der Waals surface area contributed by atoms with Crippen molar-refractivity contribution in [1.82, 2.24) is 5.32 Å². The van der Waals surface area contributed by atoms with Crippen molar-refractivity contribution in [3.05, 3.63) is 0 Å². The van der Waals surface area contributed by atoms with Crippen LogP contribution in [0.2, 0.25) is 0 Å². The van der Waals surface area contributed by atoms with Gasteiger partial charge in [-0.2, -0.15) is 0 Å². The van der Waals surface area contributed by atoms with E-state index in [4.69, 9.17) is 5.11 Å². The SMILES string of the molecule is CC(CC(=O)O)NCC1CC1C. The van der Waals surface area contributed by atoms with Gasteiger partial charge in [-0.15, -0.1) is 0 Å². The predicted molar refractivity (Wildman–Crippen MR) is 47.0 cm³/mol. The minimum Gasteiger partial charge on any atom is -0.481 e. The van der Waals surface area contributed by atoms with Crippen LogP contribution in [0, 0.1) is 11.8 Å². The summed E-state index contributed by atoms with van der Waals surface area (Å²) in [5, 5.41) is 11.7. The molecule has 0 heterocycles. The highest BCUT2D eigenvalue weighted by Gasteiger charge is 2.32. The fourth-order valence-corrected chi connectivity index (χ4v) is 1.37. The van der Waals surface area contributed by atoms with Crippen molar-refractivity contribution in [2.24, 2.45) is 11.8 Å². The normalized spacial score (nSPS) is 29.8. The first-order chi connectivity index (χ1) is 5.59. The van der Waals surface area contributed by atoms with E-state index in [9.17, 15) is 4.79 Å². The maximum Gasteiger partial charge on any atom is 0.304 e. The minimum atomic E-state index is -0.723. The van der Waals surface area contributed by atoms with Gasteiger partial charge in [0.25, 0.3) is 0 Å². The summed E-state index contributed by atoms with van der Waals surface area (Å²) in [6, 6.07) is 0.107. The van der Waals surface area contributed by atoms with Gasteiger partial charge < -0.3 is 10.4 Å². The molecule has 0 bridgehead atoms. The Morgan fingerprint density at radius 2 is 2.33 bits per heavy atom. The lowest BCUT2D eigenvalue weighted by atomic mass is 10.2. The number of rotatable bonds is 5. The number of hydrogen-bond acceptors (Lipinski definition) is 2. The van der Waals surface area contributed by atoms with Crippen LogP contribution in [0.25, 0.3) is 0 Å². The molecule has 0 spiro atoms. The predicted octanol–water partition coefficient (Wildman–Crippen LogP) is 1.10. The van der Waals surface area contributed by atoms with E-state index in [-0.39, 0.29) is 12.5 Å². The summed E-state index contributed by atoms with van der Waals surface area (Å²) in [5.41, 5.74) is 0. The highest BCUT2D eigenvalue weighted by molar-refractivity contribution is 5.67. The molecule has 3 atom stereocenters. The van der Waals surface area contributed by atoms with E-state index in [1.54, 1.807) is 0 Å². The van der Waals surface area contributed by atoms with Gasteiger partial charge in [-0.25, -0.2) is 0 Å². The van der Waals surface area contributed by atoms with E-state index >= 15 is 0 Å². The van der Waals surface area contributed by atoms with Crippen molar-refractivity contribution < 1.29 is 9.90 Å². The Bertz CT molecular complexity index is 170. The average Bonchev–Trinajstić information content (AvgIpc) is 2.61. The maximum absolute atomic E-state index is 10.3. The molecule has 3 unspecified atom stereocenters. The van der Waals surface area contributed by atoms with Crippen LogP contribution in [-0.4, -0.2) is 23.7 Å². The van der Waals surface area contributed by atoms with Crippen LogP contribution < -0.4 is 5.32 Å². The first kappa shape index (κ1) is 9.52. The zero-order chi connectivity index (χ0) is 9.14. The largest absolute Gasteiger partial charge is 0.481 e. The molecule has 0 saturated heterocycles. The van der Waals surface area contributed by atoms with E-state index < -0.39 is 5.97 Å². The van der Waals surface area contributed by atoms with Gasteiger partial charge in [-0.1, -0.05) is 6.92 Å². The quantitative estimate of drug-likeness (QED) is 0.651. The minimum absolute atomic E-state index is 0.107. The smallest absolute Gasteiger partial charge is 0.304 e. The third-order valence-corrected chi connectivity index (χ3v) is 2.49. The van der Waals surface area contributed by atoms with Gasteiger partial charge in [0.05, 0.1) is 6.42 Å². The number of aliphatic carboxylic acids is 1. The molecule has 0 aromatic rings. The number of carboxylic acids is 1. The Balaban J connectivity index is 2.02. The van der Waals surface area contributed by atoms with Crippen LogP contribution in [0.1, 0.15) is 26.7 Å². The van der Waals surface area contributed by atoms with Crippen molar-refractivity contribution in [3.8, 4) is 0 Å².